The number of alkyl halides is 3. The van der Waals surface area contributed by atoms with Gasteiger partial charge in [0, 0.05) is 25.2 Å². The molecule has 14 heteroatoms. The third-order valence-corrected chi connectivity index (χ3v) is 9.94. The Bertz CT molecular complexity index is 2050. The number of imide groups is 1. The third kappa shape index (κ3) is 9.91. The van der Waals surface area contributed by atoms with E-state index in [1.165, 1.54) is 28.1 Å². The molecule has 2 saturated heterocycles. The number of methoxy groups -OCH3 is 1. The molecule has 0 saturated carbocycles. The number of halogens is 3. The van der Waals surface area contributed by atoms with Gasteiger partial charge in [-0.05, 0) is 98.7 Å². The first-order chi connectivity index (χ1) is 27.1. The number of hydrogen-bond donors (Lipinski definition) is 0. The average molecular weight is 787 g/mol. The predicted molar refractivity (Wildman–Crippen MR) is 204 cm³/mol. The summed E-state index contributed by atoms with van der Waals surface area (Å²) in [7, 11) is 1.56. The highest BCUT2D eigenvalue weighted by molar-refractivity contribution is 6.08. The summed E-state index contributed by atoms with van der Waals surface area (Å²) in [6, 6.07) is 22.5. The summed E-state index contributed by atoms with van der Waals surface area (Å²) in [6.45, 7) is 5.76. The molecule has 1 unspecified atom stereocenters. The van der Waals surface area contributed by atoms with Crippen molar-refractivity contribution in [3.05, 3.63) is 125 Å². The molecule has 3 aromatic carbocycles. The number of nitrogens with zero attached hydrogens (tertiary/aromatic N) is 4. The number of carbonyl (C=O) groups excluding carboxylic acids is 4. The highest BCUT2D eigenvalue weighted by Gasteiger charge is 2.56. The van der Waals surface area contributed by atoms with Crippen LogP contribution in [0, 0.1) is 5.92 Å². The second-order valence-corrected chi connectivity index (χ2v) is 15.2. The first-order valence-electron chi connectivity index (χ1n) is 18.7. The highest BCUT2D eigenvalue weighted by Crippen LogP contribution is 2.36. The number of esters is 1. The largest absolute Gasteiger partial charge is 0.497 e. The Labute approximate surface area is 329 Å². The fraction of sp³-hybridized carbons (Fsp3) is 0.372. The molecule has 1 aromatic heterocycles. The van der Waals surface area contributed by atoms with Crippen LogP contribution in [-0.4, -0.2) is 70.6 Å². The van der Waals surface area contributed by atoms with Crippen LogP contribution in [0.3, 0.4) is 0 Å². The van der Waals surface area contributed by atoms with E-state index in [1.807, 2.05) is 18.2 Å². The molecule has 4 aromatic rings. The zero-order valence-corrected chi connectivity index (χ0v) is 32.2. The van der Waals surface area contributed by atoms with Gasteiger partial charge in [0.2, 0.25) is 5.91 Å². The molecule has 0 spiro atoms. The minimum absolute atomic E-state index is 0.0299. The molecule has 0 N–H and O–H groups in total. The number of β-lactam (4-membered cyclic amide) rings is 1. The minimum Gasteiger partial charge on any atom is -0.497 e. The van der Waals surface area contributed by atoms with Gasteiger partial charge >= 0.3 is 24.3 Å². The second-order valence-electron chi connectivity index (χ2n) is 15.2. The fourth-order valence-corrected chi connectivity index (χ4v) is 7.02. The summed E-state index contributed by atoms with van der Waals surface area (Å²) >= 11 is 0. The zero-order chi connectivity index (χ0) is 40.9. The van der Waals surface area contributed by atoms with E-state index in [0.717, 1.165) is 28.2 Å². The lowest BCUT2D eigenvalue weighted by Gasteiger charge is -2.46. The molecule has 300 valence electrons. The van der Waals surface area contributed by atoms with Crippen LogP contribution in [0.5, 0.6) is 5.75 Å². The van der Waals surface area contributed by atoms with Crippen molar-refractivity contribution in [1.82, 2.24) is 14.8 Å². The van der Waals surface area contributed by atoms with Crippen molar-refractivity contribution in [2.45, 2.75) is 76.9 Å². The topological polar surface area (TPSA) is 119 Å². The molecule has 0 bridgehead atoms. The number of urea groups is 1. The molecule has 3 atom stereocenters. The lowest BCUT2D eigenvalue weighted by Crippen LogP contribution is -2.69. The van der Waals surface area contributed by atoms with Crippen LogP contribution in [0.2, 0.25) is 0 Å². The number of piperidine rings is 1. The van der Waals surface area contributed by atoms with Crippen molar-refractivity contribution in [1.29, 1.82) is 0 Å². The van der Waals surface area contributed by atoms with E-state index >= 15 is 0 Å². The number of carbonyl (C=O) groups is 4. The summed E-state index contributed by atoms with van der Waals surface area (Å²) in [6.07, 6.45) is -2.40. The highest BCUT2D eigenvalue weighted by atomic mass is 19.4. The predicted octanol–water partition coefficient (Wildman–Crippen LogP) is 8.16. The van der Waals surface area contributed by atoms with Gasteiger partial charge in [0.1, 0.15) is 23.8 Å². The Morgan fingerprint density at radius 1 is 0.895 bits per heavy atom. The molecular formula is C43H45F3N4O7. The van der Waals surface area contributed by atoms with Crippen LogP contribution >= 0.6 is 0 Å². The summed E-state index contributed by atoms with van der Waals surface area (Å²) in [4.78, 5) is 63.6. The zero-order valence-electron chi connectivity index (χ0n) is 32.2. The number of benzene rings is 3. The van der Waals surface area contributed by atoms with Crippen molar-refractivity contribution >= 4 is 29.8 Å². The van der Waals surface area contributed by atoms with E-state index in [1.54, 1.807) is 76.4 Å². The lowest BCUT2D eigenvalue weighted by atomic mass is 9.82. The normalized spacial score (nSPS) is 18.4. The number of likely N-dealkylation sites (tertiary alicyclic amines) is 2. The van der Waals surface area contributed by atoms with Gasteiger partial charge in [-0.2, -0.15) is 13.2 Å². The maximum absolute atomic E-state index is 14.1. The summed E-state index contributed by atoms with van der Waals surface area (Å²) in [5.74, 6) is -1.66. The van der Waals surface area contributed by atoms with Gasteiger partial charge in [-0.15, -0.1) is 0 Å². The molecule has 4 amide bonds. The number of anilines is 1. The van der Waals surface area contributed by atoms with Crippen LogP contribution in [0.1, 0.15) is 67.3 Å². The van der Waals surface area contributed by atoms with Gasteiger partial charge in [0.15, 0.2) is 6.04 Å². The monoisotopic (exact) mass is 786 g/mol. The number of hydrogen-bond acceptors (Lipinski definition) is 8. The van der Waals surface area contributed by atoms with Gasteiger partial charge in [-0.25, -0.2) is 24.3 Å². The first kappa shape index (κ1) is 40.7. The summed E-state index contributed by atoms with van der Waals surface area (Å²) in [5, 5.41) is 0. The van der Waals surface area contributed by atoms with Crippen LogP contribution in [-0.2, 0) is 44.8 Å². The van der Waals surface area contributed by atoms with Crippen LogP contribution < -0.4 is 9.64 Å². The smallest absolute Gasteiger partial charge is 0.416 e. The maximum Gasteiger partial charge on any atom is 0.416 e. The van der Waals surface area contributed by atoms with E-state index in [4.69, 9.17) is 14.2 Å². The van der Waals surface area contributed by atoms with Crippen LogP contribution in [0.15, 0.2) is 97.2 Å². The van der Waals surface area contributed by atoms with E-state index in [9.17, 15) is 32.3 Å². The Kier molecular flexibility index (Phi) is 12.2. The molecule has 2 aliphatic rings. The van der Waals surface area contributed by atoms with Gasteiger partial charge < -0.3 is 19.1 Å². The quantitative estimate of drug-likeness (QED) is 0.117. The molecule has 0 radical (unpaired) electrons. The molecular weight excluding hydrogens is 741 g/mol. The van der Waals surface area contributed by atoms with Crippen molar-refractivity contribution in [3.63, 3.8) is 0 Å². The van der Waals surface area contributed by atoms with E-state index < -0.39 is 53.3 Å². The van der Waals surface area contributed by atoms with Gasteiger partial charge in [0.05, 0.1) is 25.1 Å². The fourth-order valence-electron chi connectivity index (χ4n) is 7.02. The van der Waals surface area contributed by atoms with E-state index in [2.05, 4.69) is 4.98 Å². The second kappa shape index (κ2) is 17.1. The van der Waals surface area contributed by atoms with Crippen molar-refractivity contribution in [3.8, 4) is 5.75 Å². The lowest BCUT2D eigenvalue weighted by molar-refractivity contribution is -0.171. The number of rotatable bonds is 10. The Morgan fingerprint density at radius 3 is 2.25 bits per heavy atom. The minimum atomic E-state index is -4.47. The third-order valence-electron chi connectivity index (χ3n) is 9.94. The molecule has 0 aliphatic carbocycles. The molecule has 11 nitrogen and oxygen atoms in total. The average Bonchev–Trinajstić information content (AvgIpc) is 3.19. The number of aromatic nitrogens is 1. The van der Waals surface area contributed by atoms with E-state index in [0.29, 0.717) is 36.3 Å². The molecule has 2 fully saturated rings. The summed E-state index contributed by atoms with van der Waals surface area (Å²) in [5.41, 5.74) is 1.15. The number of pyridine rings is 1. The van der Waals surface area contributed by atoms with Gasteiger partial charge in [-0.3, -0.25) is 9.69 Å². The van der Waals surface area contributed by atoms with Gasteiger partial charge in [-0.1, -0.05) is 54.6 Å². The Morgan fingerprint density at radius 2 is 1.60 bits per heavy atom. The van der Waals surface area contributed by atoms with Crippen molar-refractivity contribution < 1.29 is 46.6 Å². The van der Waals surface area contributed by atoms with Crippen molar-refractivity contribution in [2.75, 3.05) is 25.1 Å². The molecule has 3 heterocycles. The van der Waals surface area contributed by atoms with Crippen molar-refractivity contribution in [2.24, 2.45) is 5.92 Å². The first-order valence-corrected chi connectivity index (χ1v) is 18.7. The van der Waals surface area contributed by atoms with Gasteiger partial charge in [0.25, 0.3) is 0 Å². The standard InChI is InChI=1S/C43H45F3N4O7/c1-42(2,3)57-41(54)49(25-28-12-18-34(55-4)19-13-28)36-24-30(20-21-47-36)23-35-37(39(52)56-27-29-9-6-5-7-10-29)50(38(35)51)40(53)48-22-8-11-32(26-48)31-14-16-33(17-15-31)43(44,45)46/h5-7,9-10,12-21,24,32,35,37H,8,11,22-23,25-27H2,1-4H3/t32?,35-,37+/m1/s1. The molecule has 57 heavy (non-hydrogen) atoms. The Balaban J connectivity index is 1.23. The Hall–Kier alpha value is -5.92. The SMILES string of the molecule is COc1ccc(CN(C(=O)OC(C)(C)C)c2cc(C[C@H]3C(=O)N(C(=O)N4CCCC(c5ccc(C(F)(F)F)cc5)C4)[C@@H]3C(=O)OCc3ccccc3)ccn2)cc1. The van der Waals surface area contributed by atoms with E-state index in [-0.39, 0.29) is 37.9 Å². The van der Waals surface area contributed by atoms with Crippen LogP contribution in [0.25, 0.3) is 0 Å². The number of amides is 4. The maximum atomic E-state index is 14.1. The summed E-state index contributed by atoms with van der Waals surface area (Å²) < 4.78 is 56.3. The molecule has 2 aliphatic heterocycles. The number of ether oxygens (including phenoxy) is 3. The van der Waals surface area contributed by atoms with Crippen LogP contribution in [0.4, 0.5) is 28.6 Å². The molecule has 6 rings (SSSR count).